The number of benzene rings is 4. The zero-order chi connectivity index (χ0) is 34.5. The Kier molecular flexibility index (Phi) is 9.20. The van der Waals surface area contributed by atoms with Crippen molar-refractivity contribution in [2.75, 3.05) is 33.5 Å². The van der Waals surface area contributed by atoms with Crippen LogP contribution in [0.5, 0.6) is 23.0 Å². The largest absolute Gasteiger partial charge is 0.493 e. The van der Waals surface area contributed by atoms with E-state index in [1.165, 1.54) is 5.01 Å². The lowest BCUT2D eigenvalue weighted by Gasteiger charge is -2.37. The molecular formula is C37H36N6O6. The van der Waals surface area contributed by atoms with Crippen LogP contribution in [0.4, 0.5) is 10.5 Å². The number of rotatable bonds is 5. The van der Waals surface area contributed by atoms with Crippen molar-refractivity contribution < 1.29 is 28.5 Å². The molecular weight excluding hydrogens is 624 g/mol. The number of urea groups is 1. The summed E-state index contributed by atoms with van der Waals surface area (Å²) < 4.78 is 22.0. The highest BCUT2D eigenvalue weighted by Crippen LogP contribution is 2.41. The quantitative estimate of drug-likeness (QED) is 0.256. The summed E-state index contributed by atoms with van der Waals surface area (Å²) in [5.41, 5.74) is 14.0. The number of para-hydroxylation sites is 1. The molecule has 3 aliphatic rings. The number of nitrogens with one attached hydrogen (secondary N) is 2. The molecule has 0 aromatic heterocycles. The fourth-order valence-electron chi connectivity index (χ4n) is 5.83. The van der Waals surface area contributed by atoms with E-state index in [2.05, 4.69) is 27.0 Å². The van der Waals surface area contributed by atoms with E-state index < -0.39 is 11.4 Å². The van der Waals surface area contributed by atoms with Gasteiger partial charge in [0.15, 0.2) is 23.0 Å². The second-order valence-corrected chi connectivity index (χ2v) is 11.5. The molecule has 0 saturated heterocycles. The van der Waals surface area contributed by atoms with Gasteiger partial charge in [0.1, 0.15) is 5.71 Å². The maximum absolute atomic E-state index is 13.0. The number of carbonyl (C=O) groups is 2. The first-order valence-electron chi connectivity index (χ1n) is 15.5. The minimum atomic E-state index is -0.784. The van der Waals surface area contributed by atoms with Gasteiger partial charge in [-0.1, -0.05) is 48.5 Å². The Morgan fingerprint density at radius 3 is 2.43 bits per heavy atom. The Morgan fingerprint density at radius 2 is 1.65 bits per heavy atom. The molecule has 0 aliphatic carbocycles. The van der Waals surface area contributed by atoms with Crippen LogP contribution in [0.25, 0.3) is 17.2 Å². The molecule has 3 heterocycles. The van der Waals surface area contributed by atoms with Gasteiger partial charge in [-0.15, -0.1) is 0 Å². The highest BCUT2D eigenvalue weighted by molar-refractivity contribution is 6.43. The van der Waals surface area contributed by atoms with Crippen LogP contribution in [0.2, 0.25) is 0 Å². The molecule has 0 radical (unpaired) electrons. The van der Waals surface area contributed by atoms with Crippen molar-refractivity contribution in [3.05, 3.63) is 107 Å². The smallest absolute Gasteiger partial charge is 0.338 e. The lowest BCUT2D eigenvalue weighted by molar-refractivity contribution is -0.111. The summed E-state index contributed by atoms with van der Waals surface area (Å²) in [7, 11) is 4.81. The van der Waals surface area contributed by atoms with E-state index in [9.17, 15) is 9.59 Å². The van der Waals surface area contributed by atoms with Crippen molar-refractivity contribution in [3.63, 3.8) is 0 Å². The van der Waals surface area contributed by atoms with Crippen LogP contribution in [-0.4, -0.2) is 56.9 Å². The van der Waals surface area contributed by atoms with Crippen LogP contribution in [0.1, 0.15) is 29.2 Å². The number of fused-ring (bicyclic) bond motifs is 3. The van der Waals surface area contributed by atoms with Gasteiger partial charge in [-0.2, -0.15) is 10.2 Å². The summed E-state index contributed by atoms with van der Waals surface area (Å²) in [6.45, 7) is 2.24. The van der Waals surface area contributed by atoms with E-state index >= 15 is 0 Å². The number of methoxy groups -OCH3 is 2. The number of nitrogens with two attached hydrogens (primary N) is 1. The van der Waals surface area contributed by atoms with Crippen LogP contribution < -0.4 is 35.4 Å². The first-order valence-corrected chi connectivity index (χ1v) is 15.5. The van der Waals surface area contributed by atoms with Gasteiger partial charge in [-0.05, 0) is 77.2 Å². The summed E-state index contributed by atoms with van der Waals surface area (Å²) in [5, 5.41) is 12.7. The molecule has 12 nitrogen and oxygen atoms in total. The molecule has 12 heteroatoms. The van der Waals surface area contributed by atoms with Gasteiger partial charge in [0.05, 0.1) is 31.7 Å². The lowest BCUT2D eigenvalue weighted by Crippen LogP contribution is -2.48. The number of ether oxygens (including phenoxy) is 4. The molecule has 4 aromatic rings. The van der Waals surface area contributed by atoms with Crippen LogP contribution in [0, 0.1) is 0 Å². The normalized spacial score (nSPS) is 16.7. The summed E-state index contributed by atoms with van der Waals surface area (Å²) in [6.07, 6.45) is 5.61. The molecule has 7 rings (SSSR count). The van der Waals surface area contributed by atoms with Gasteiger partial charge < -0.3 is 30.0 Å². The van der Waals surface area contributed by atoms with Crippen molar-refractivity contribution in [1.82, 2.24) is 10.3 Å². The predicted molar refractivity (Wildman–Crippen MR) is 188 cm³/mol. The lowest BCUT2D eigenvalue weighted by atomic mass is 9.82. The molecule has 49 heavy (non-hydrogen) atoms. The van der Waals surface area contributed by atoms with E-state index in [1.807, 2.05) is 79.7 Å². The third kappa shape index (κ3) is 6.61. The van der Waals surface area contributed by atoms with E-state index in [1.54, 1.807) is 39.6 Å². The third-order valence-electron chi connectivity index (χ3n) is 8.49. The molecule has 250 valence electrons. The molecule has 0 spiro atoms. The molecule has 4 aromatic carbocycles. The summed E-state index contributed by atoms with van der Waals surface area (Å²) >= 11 is 0. The monoisotopic (exact) mass is 660 g/mol. The number of hydrogen-bond donors (Lipinski definition) is 3. The van der Waals surface area contributed by atoms with Crippen molar-refractivity contribution in [3.8, 4) is 34.1 Å². The second kappa shape index (κ2) is 13.8. The average molecular weight is 661 g/mol. The summed E-state index contributed by atoms with van der Waals surface area (Å²) in [6, 6.07) is 25.2. The van der Waals surface area contributed by atoms with Gasteiger partial charge >= 0.3 is 6.03 Å². The molecule has 1 unspecified atom stereocenters. The summed E-state index contributed by atoms with van der Waals surface area (Å²) in [4.78, 5) is 23.9. The van der Waals surface area contributed by atoms with E-state index in [4.69, 9.17) is 24.7 Å². The Bertz CT molecular complexity index is 2010. The molecule has 1 atom stereocenters. The number of primary amides is 1. The van der Waals surface area contributed by atoms with Gasteiger partial charge in [0.2, 0.25) is 6.79 Å². The van der Waals surface area contributed by atoms with Crippen LogP contribution >= 0.6 is 0 Å². The number of hydrogen-bond acceptors (Lipinski definition) is 9. The fraction of sp³-hybridized carbons (Fsp3) is 0.189. The molecule has 3 amide bonds. The van der Waals surface area contributed by atoms with E-state index in [0.717, 1.165) is 50.6 Å². The van der Waals surface area contributed by atoms with Gasteiger partial charge in [-0.3, -0.25) is 10.2 Å². The Balaban J connectivity index is 0.000000248. The second-order valence-electron chi connectivity index (χ2n) is 11.5. The molecule has 0 saturated carbocycles. The van der Waals surface area contributed by atoms with Crippen molar-refractivity contribution >= 4 is 35.6 Å². The topological polar surface area (TPSA) is 149 Å². The number of carbonyl (C=O) groups excluding carboxylic acids is 2. The maximum Gasteiger partial charge on any atom is 0.338 e. The zero-order valence-electron chi connectivity index (χ0n) is 27.5. The molecule has 0 fully saturated rings. The number of anilines is 1. The standard InChI is InChI=1S/C27H27N3O5.C10H9N3O/c1-27(21-7-5-6-17(10-21)18-8-9-22-25(11-18)35-16-34-22)14-19-12-23(32-3)24(33-4)13-20(19)15-29-30(27)26(31)28-2;11-10(14)9-6-5-7-3-1-2-4-8(7)12-13-9/h5-13,15H,14,16H2,1-4H3,(H,28,31);1-6,12H,(H2,11,14). The van der Waals surface area contributed by atoms with Crippen molar-refractivity contribution in [1.29, 1.82) is 0 Å². The first-order chi connectivity index (χ1) is 23.7. The van der Waals surface area contributed by atoms with Gasteiger partial charge in [0.25, 0.3) is 5.91 Å². The number of amides is 3. The van der Waals surface area contributed by atoms with Crippen LogP contribution in [-0.2, 0) is 16.8 Å². The minimum absolute atomic E-state index is 0.223. The summed E-state index contributed by atoms with van der Waals surface area (Å²) in [5.74, 6) is 2.16. The Hall–Kier alpha value is -6.30. The first kappa shape index (κ1) is 32.6. The van der Waals surface area contributed by atoms with E-state index in [0.29, 0.717) is 17.9 Å². The molecule has 0 bridgehead atoms. The Morgan fingerprint density at radius 1 is 0.898 bits per heavy atom. The molecule has 4 N–H and O–H groups in total. The van der Waals surface area contributed by atoms with Crippen molar-refractivity contribution in [2.24, 2.45) is 15.9 Å². The third-order valence-corrected chi connectivity index (χ3v) is 8.49. The molecule has 3 aliphatic heterocycles. The zero-order valence-corrected chi connectivity index (χ0v) is 27.5. The number of hydrazone groups is 2. The van der Waals surface area contributed by atoms with Crippen LogP contribution in [0.3, 0.4) is 0 Å². The Labute approximate surface area is 283 Å². The van der Waals surface area contributed by atoms with Crippen LogP contribution in [0.15, 0.2) is 95.1 Å². The SMILES string of the molecule is CNC(=O)N1N=Cc2cc(OC)c(OC)cc2CC1(C)c1cccc(-c2ccc3c(c2)OCO3)c1.NC(=O)C1=NNc2ccccc2C=C1. The number of nitrogens with zero attached hydrogens (tertiary/aromatic N) is 3. The highest BCUT2D eigenvalue weighted by Gasteiger charge is 2.40. The predicted octanol–water partition coefficient (Wildman–Crippen LogP) is 5.51. The van der Waals surface area contributed by atoms with E-state index in [-0.39, 0.29) is 18.5 Å². The van der Waals surface area contributed by atoms with Gasteiger partial charge in [-0.25, -0.2) is 9.80 Å². The van der Waals surface area contributed by atoms with Crippen molar-refractivity contribution in [2.45, 2.75) is 18.9 Å². The van der Waals surface area contributed by atoms with Gasteiger partial charge in [0, 0.05) is 19.0 Å². The minimum Gasteiger partial charge on any atom is -0.493 e. The fourth-order valence-corrected chi connectivity index (χ4v) is 5.83. The maximum atomic E-state index is 13.0. The average Bonchev–Trinajstić information content (AvgIpc) is 3.41. The highest BCUT2D eigenvalue weighted by atomic mass is 16.7.